The highest BCUT2D eigenvalue weighted by atomic mass is 16.6. The molecular weight excluding hydrogens is 520 g/mol. The molecule has 1 atom stereocenters. The molecular formula is C32H40N4O5. The van der Waals surface area contributed by atoms with Gasteiger partial charge in [-0.2, -0.15) is 0 Å². The van der Waals surface area contributed by atoms with Crippen molar-refractivity contribution in [2.75, 3.05) is 19.0 Å². The summed E-state index contributed by atoms with van der Waals surface area (Å²) in [4.78, 5) is 30.4. The zero-order valence-electron chi connectivity index (χ0n) is 24.9. The third-order valence-corrected chi connectivity index (χ3v) is 6.64. The molecule has 0 aliphatic carbocycles. The maximum atomic E-state index is 13.6. The average Bonchev–Trinajstić information content (AvgIpc) is 2.92. The van der Waals surface area contributed by atoms with Crippen LogP contribution in [0.4, 0.5) is 10.6 Å². The lowest BCUT2D eigenvalue weighted by Gasteiger charge is -2.25. The van der Waals surface area contributed by atoms with Crippen molar-refractivity contribution < 1.29 is 19.0 Å². The van der Waals surface area contributed by atoms with Crippen LogP contribution in [0, 0.1) is 5.92 Å². The van der Waals surface area contributed by atoms with Gasteiger partial charge in [0.05, 0.1) is 24.1 Å². The van der Waals surface area contributed by atoms with Crippen LogP contribution in [0.1, 0.15) is 46.6 Å². The van der Waals surface area contributed by atoms with Gasteiger partial charge in [0.25, 0.3) is 5.56 Å². The minimum atomic E-state index is -0.584. The number of pyridine rings is 2. The predicted octanol–water partition coefficient (Wildman–Crippen LogP) is 6.03. The highest BCUT2D eigenvalue weighted by Crippen LogP contribution is 2.29. The Hall–Kier alpha value is -4.27. The zero-order valence-corrected chi connectivity index (χ0v) is 24.9. The van der Waals surface area contributed by atoms with E-state index in [0.717, 1.165) is 34.0 Å². The maximum absolute atomic E-state index is 13.6. The molecule has 218 valence electrons. The number of methoxy groups -OCH3 is 1. The van der Waals surface area contributed by atoms with E-state index in [0.29, 0.717) is 29.4 Å². The summed E-state index contributed by atoms with van der Waals surface area (Å²) >= 11 is 0. The molecule has 9 nitrogen and oxygen atoms in total. The number of amides is 1. The van der Waals surface area contributed by atoms with Crippen LogP contribution in [-0.2, 0) is 18.3 Å². The molecule has 0 saturated carbocycles. The second-order valence-corrected chi connectivity index (χ2v) is 11.6. The molecule has 0 aliphatic heterocycles. The normalized spacial score (nSPS) is 12.4. The molecule has 1 unspecified atom stereocenters. The van der Waals surface area contributed by atoms with Crippen molar-refractivity contribution in [3.63, 3.8) is 0 Å². The van der Waals surface area contributed by atoms with Gasteiger partial charge in [0.15, 0.2) is 0 Å². The summed E-state index contributed by atoms with van der Waals surface area (Å²) in [5, 5.41) is 8.51. The summed E-state index contributed by atoms with van der Waals surface area (Å²) in [6, 6.07) is 15.1. The number of alkyl carbamates (subject to hydrolysis) is 1. The molecule has 4 rings (SSSR count). The maximum Gasteiger partial charge on any atom is 0.407 e. The lowest BCUT2D eigenvalue weighted by atomic mass is 10.0. The van der Waals surface area contributed by atoms with E-state index in [9.17, 15) is 9.59 Å². The lowest BCUT2D eigenvalue weighted by Crippen LogP contribution is -2.42. The molecule has 1 amide bonds. The largest absolute Gasteiger partial charge is 0.497 e. The van der Waals surface area contributed by atoms with Crippen molar-refractivity contribution in [3.05, 3.63) is 70.6 Å². The second kappa shape index (κ2) is 12.5. The number of benzene rings is 2. The highest BCUT2D eigenvalue weighted by molar-refractivity contribution is 6.09. The van der Waals surface area contributed by atoms with Gasteiger partial charge < -0.3 is 29.4 Å². The van der Waals surface area contributed by atoms with Crippen molar-refractivity contribution >= 4 is 33.6 Å². The van der Waals surface area contributed by atoms with Gasteiger partial charge >= 0.3 is 6.09 Å². The van der Waals surface area contributed by atoms with Gasteiger partial charge in [-0.1, -0.05) is 26.0 Å². The fourth-order valence-corrected chi connectivity index (χ4v) is 4.76. The van der Waals surface area contributed by atoms with E-state index in [2.05, 4.69) is 29.5 Å². The van der Waals surface area contributed by atoms with E-state index in [-0.39, 0.29) is 18.2 Å². The molecule has 0 aliphatic rings. The fourth-order valence-electron chi connectivity index (χ4n) is 4.76. The summed E-state index contributed by atoms with van der Waals surface area (Å²) in [6.45, 7) is 10.5. The third-order valence-electron chi connectivity index (χ3n) is 6.64. The fraction of sp³-hybridized carbons (Fsp3) is 0.406. The number of nitrogens with zero attached hydrogens (tertiary/aromatic N) is 2. The molecule has 4 aromatic rings. The van der Waals surface area contributed by atoms with E-state index in [1.807, 2.05) is 69.3 Å². The van der Waals surface area contributed by atoms with Gasteiger partial charge in [0.2, 0.25) is 0 Å². The number of carbonyl (C=O) groups excluding carboxylic acids is 1. The Labute approximate surface area is 240 Å². The van der Waals surface area contributed by atoms with Gasteiger partial charge in [0.1, 0.15) is 29.5 Å². The predicted molar refractivity (Wildman–Crippen MR) is 163 cm³/mol. The molecule has 0 fully saturated rings. The number of anilines is 1. The average molecular weight is 561 g/mol. The lowest BCUT2D eigenvalue weighted by molar-refractivity contribution is 0.0480. The number of carbonyl (C=O) groups is 1. The van der Waals surface area contributed by atoms with Gasteiger partial charge in [-0.15, -0.1) is 0 Å². The second-order valence-electron chi connectivity index (χ2n) is 11.6. The molecule has 2 heterocycles. The highest BCUT2D eigenvalue weighted by Gasteiger charge is 2.21. The SMILES string of the molecule is COc1ccc(CNc2nccc3c2c(=O)n(C)c2cc(OCC(CC(C)C)NC(=O)OC(C)(C)C)ccc32)cc1. The summed E-state index contributed by atoms with van der Waals surface area (Å²) in [7, 11) is 3.38. The van der Waals surface area contributed by atoms with Crippen molar-refractivity contribution in [3.8, 4) is 11.5 Å². The van der Waals surface area contributed by atoms with Crippen molar-refractivity contribution in [1.29, 1.82) is 0 Å². The monoisotopic (exact) mass is 560 g/mol. The van der Waals surface area contributed by atoms with E-state index >= 15 is 0 Å². The van der Waals surface area contributed by atoms with Crippen LogP contribution < -0.4 is 25.7 Å². The molecule has 2 N–H and O–H groups in total. The number of ether oxygens (including phenoxy) is 3. The Morgan fingerprint density at radius 1 is 1.02 bits per heavy atom. The van der Waals surface area contributed by atoms with E-state index < -0.39 is 11.7 Å². The van der Waals surface area contributed by atoms with Crippen LogP contribution in [0.5, 0.6) is 11.5 Å². The van der Waals surface area contributed by atoms with Crippen LogP contribution in [0.15, 0.2) is 59.5 Å². The van der Waals surface area contributed by atoms with Crippen LogP contribution in [0.25, 0.3) is 21.7 Å². The third kappa shape index (κ3) is 7.48. The quantitative estimate of drug-likeness (QED) is 0.228. The molecule has 0 spiro atoms. The Morgan fingerprint density at radius 3 is 2.39 bits per heavy atom. The molecule has 0 radical (unpaired) electrons. The molecule has 0 saturated heterocycles. The number of hydrogen-bond donors (Lipinski definition) is 2. The molecule has 41 heavy (non-hydrogen) atoms. The summed E-state index contributed by atoms with van der Waals surface area (Å²) in [5.74, 6) is 2.28. The van der Waals surface area contributed by atoms with E-state index in [1.165, 1.54) is 0 Å². The minimum Gasteiger partial charge on any atom is -0.497 e. The summed E-state index contributed by atoms with van der Waals surface area (Å²) in [6.07, 6.45) is 1.97. The van der Waals surface area contributed by atoms with Crippen molar-refractivity contribution in [2.24, 2.45) is 13.0 Å². The molecule has 9 heteroatoms. The molecule has 0 bridgehead atoms. The zero-order chi connectivity index (χ0) is 29.7. The van der Waals surface area contributed by atoms with Gasteiger partial charge in [-0.3, -0.25) is 4.79 Å². The van der Waals surface area contributed by atoms with E-state index in [4.69, 9.17) is 14.2 Å². The van der Waals surface area contributed by atoms with Crippen LogP contribution >= 0.6 is 0 Å². The van der Waals surface area contributed by atoms with Crippen molar-refractivity contribution in [1.82, 2.24) is 14.9 Å². The van der Waals surface area contributed by atoms with Crippen LogP contribution in [0.3, 0.4) is 0 Å². The van der Waals surface area contributed by atoms with Crippen molar-refractivity contribution in [2.45, 2.75) is 59.2 Å². The number of fused-ring (bicyclic) bond motifs is 3. The Morgan fingerprint density at radius 2 is 1.73 bits per heavy atom. The summed E-state index contributed by atoms with van der Waals surface area (Å²) < 4.78 is 18.4. The van der Waals surface area contributed by atoms with E-state index in [1.54, 1.807) is 24.9 Å². The first-order chi connectivity index (χ1) is 19.4. The van der Waals surface area contributed by atoms with Gasteiger partial charge in [-0.05, 0) is 69.0 Å². The molecule has 2 aromatic carbocycles. The number of nitrogens with one attached hydrogen (secondary N) is 2. The van der Waals surface area contributed by atoms with Crippen LogP contribution in [0.2, 0.25) is 0 Å². The Bertz CT molecular complexity index is 1570. The number of rotatable bonds is 10. The Balaban J connectivity index is 1.57. The number of aryl methyl sites for hydroxylation is 1. The first kappa shape index (κ1) is 29.7. The first-order valence-corrected chi connectivity index (χ1v) is 13.9. The topological polar surface area (TPSA) is 104 Å². The summed E-state index contributed by atoms with van der Waals surface area (Å²) in [5.41, 5.74) is 1.05. The van der Waals surface area contributed by atoms with Gasteiger partial charge in [0, 0.05) is 36.6 Å². The number of hydrogen-bond acceptors (Lipinski definition) is 7. The number of aromatic nitrogens is 2. The first-order valence-electron chi connectivity index (χ1n) is 13.9. The molecule has 2 aromatic heterocycles. The van der Waals surface area contributed by atoms with Gasteiger partial charge in [-0.25, -0.2) is 9.78 Å². The standard InChI is InChI=1S/C32H40N4O5/c1-20(2)16-22(35-31(38)41-32(3,4)5)19-40-24-12-13-25-26-14-15-33-29(28(26)30(37)36(6)27(25)17-24)34-18-21-8-10-23(39-7)11-9-21/h8-15,17,20,22H,16,18-19H2,1-7H3,(H,33,34)(H,35,38). The minimum absolute atomic E-state index is 0.153. The Kier molecular flexibility index (Phi) is 9.05. The smallest absolute Gasteiger partial charge is 0.407 e. The van der Waals surface area contributed by atoms with Crippen LogP contribution in [-0.4, -0.2) is 41.0 Å².